The lowest BCUT2D eigenvalue weighted by Crippen LogP contribution is -2.04. The van der Waals surface area contributed by atoms with E-state index in [0.29, 0.717) is 40.6 Å². The number of nitrogens with zero attached hydrogens (tertiary/aromatic N) is 3. The number of aromatic amines is 1. The number of benzene rings is 1. The zero-order valence-corrected chi connectivity index (χ0v) is 17.1. The molecule has 0 aliphatic carbocycles. The highest BCUT2D eigenvalue weighted by Crippen LogP contribution is 2.31. The van der Waals surface area contributed by atoms with Crippen molar-refractivity contribution in [1.82, 2.24) is 19.9 Å². The highest BCUT2D eigenvalue weighted by molar-refractivity contribution is 7.90. The molecule has 0 unspecified atom stereocenters. The first-order valence-corrected chi connectivity index (χ1v) is 11.1. The molecule has 0 atom stereocenters. The number of hydrogen-bond donors (Lipinski definition) is 3. The fourth-order valence-corrected chi connectivity index (χ4v) is 3.83. The van der Waals surface area contributed by atoms with Gasteiger partial charge in [0.15, 0.2) is 15.5 Å². The summed E-state index contributed by atoms with van der Waals surface area (Å²) in [6.07, 6.45) is 2.94. The van der Waals surface area contributed by atoms with Crippen LogP contribution in [-0.2, 0) is 16.3 Å². The van der Waals surface area contributed by atoms with E-state index in [-0.39, 0.29) is 4.90 Å². The fourth-order valence-electron chi connectivity index (χ4n) is 2.98. The zero-order valence-electron chi connectivity index (χ0n) is 16.3. The molecule has 3 aromatic heterocycles. The maximum atomic E-state index is 13.1. The molecule has 154 valence electrons. The second-order valence-electron chi connectivity index (χ2n) is 6.67. The number of hydrogen-bond acceptors (Lipinski definition) is 7. The first-order chi connectivity index (χ1) is 14.3. The number of nitrogens with one attached hydrogen (secondary N) is 3. The largest absolute Gasteiger partial charge is 0.352 e. The van der Waals surface area contributed by atoms with E-state index >= 15 is 0 Å². The van der Waals surface area contributed by atoms with Gasteiger partial charge in [-0.25, -0.2) is 27.8 Å². The number of H-pyrrole nitrogens is 1. The molecule has 0 aliphatic heterocycles. The summed E-state index contributed by atoms with van der Waals surface area (Å²) < 4.78 is 37.5. The summed E-state index contributed by atoms with van der Waals surface area (Å²) in [4.78, 5) is 16.4. The second kappa shape index (κ2) is 7.71. The topological polar surface area (TPSA) is 113 Å². The molecule has 0 saturated heterocycles. The molecule has 8 nitrogen and oxygen atoms in total. The van der Waals surface area contributed by atoms with Crippen LogP contribution < -0.4 is 10.6 Å². The second-order valence-corrected chi connectivity index (χ2v) is 8.65. The smallest absolute Gasteiger partial charge is 0.177 e. The minimum Gasteiger partial charge on any atom is -0.352 e. The summed E-state index contributed by atoms with van der Waals surface area (Å²) in [5.41, 5.74) is 2.10. The molecule has 3 heterocycles. The van der Waals surface area contributed by atoms with Gasteiger partial charge in [-0.1, -0.05) is 19.1 Å². The van der Waals surface area contributed by atoms with Crippen molar-refractivity contribution in [2.75, 3.05) is 16.9 Å². The fraction of sp³-hybridized carbons (Fsp3) is 0.150. The molecule has 0 bridgehead atoms. The summed E-state index contributed by atoms with van der Waals surface area (Å²) in [7, 11) is -3.44. The van der Waals surface area contributed by atoms with Gasteiger partial charge in [-0.3, -0.25) is 0 Å². The molecule has 0 fully saturated rings. The third kappa shape index (κ3) is 4.08. The molecular weight excluding hydrogens is 407 g/mol. The number of anilines is 4. The van der Waals surface area contributed by atoms with Crippen LogP contribution >= 0.6 is 0 Å². The number of imidazole rings is 1. The van der Waals surface area contributed by atoms with Crippen molar-refractivity contribution in [1.29, 1.82) is 0 Å². The van der Waals surface area contributed by atoms with Crippen molar-refractivity contribution in [3.05, 3.63) is 60.3 Å². The standard InChI is InChI=1S/C20H19FN6O2S/c1-3-16-25-19-14(23-13-6-4-5-7-15(13)30(2,28)29)10-18(27-20(19)26-16)24-17-9-8-12(21)11-22-17/h4-11H,3H2,1-2H3,(H3,22,23,24,25,26,27). The summed E-state index contributed by atoms with van der Waals surface area (Å²) >= 11 is 0. The van der Waals surface area contributed by atoms with Crippen molar-refractivity contribution < 1.29 is 12.8 Å². The van der Waals surface area contributed by atoms with Gasteiger partial charge >= 0.3 is 0 Å². The van der Waals surface area contributed by atoms with E-state index in [0.717, 1.165) is 18.3 Å². The van der Waals surface area contributed by atoms with Gasteiger partial charge in [0.25, 0.3) is 0 Å². The van der Waals surface area contributed by atoms with E-state index < -0.39 is 15.7 Å². The first-order valence-electron chi connectivity index (χ1n) is 9.18. The van der Waals surface area contributed by atoms with Gasteiger partial charge in [-0.05, 0) is 24.3 Å². The number of fused-ring (bicyclic) bond motifs is 1. The average molecular weight is 426 g/mol. The maximum Gasteiger partial charge on any atom is 0.177 e. The first kappa shape index (κ1) is 19.8. The highest BCUT2D eigenvalue weighted by Gasteiger charge is 2.16. The van der Waals surface area contributed by atoms with Gasteiger partial charge in [0.05, 0.1) is 22.5 Å². The van der Waals surface area contributed by atoms with Crippen molar-refractivity contribution in [2.45, 2.75) is 18.2 Å². The van der Waals surface area contributed by atoms with Crippen LogP contribution in [0.2, 0.25) is 0 Å². The highest BCUT2D eigenvalue weighted by atomic mass is 32.2. The van der Waals surface area contributed by atoms with E-state index in [2.05, 4.69) is 30.6 Å². The Kier molecular flexibility index (Phi) is 5.08. The normalized spacial score (nSPS) is 11.6. The summed E-state index contributed by atoms with van der Waals surface area (Å²) in [6, 6.07) is 11.1. The Morgan fingerprint density at radius 2 is 1.83 bits per heavy atom. The van der Waals surface area contributed by atoms with Gasteiger partial charge in [0, 0.05) is 18.7 Å². The number of sulfone groups is 1. The number of halogens is 1. The number of aromatic nitrogens is 4. The molecule has 10 heteroatoms. The Morgan fingerprint density at radius 3 is 2.53 bits per heavy atom. The minimum atomic E-state index is -3.44. The lowest BCUT2D eigenvalue weighted by molar-refractivity contribution is 0.602. The Balaban J connectivity index is 1.80. The Bertz CT molecular complexity index is 1320. The SMILES string of the molecule is CCc1nc2c(Nc3ccccc3S(C)(=O)=O)cc(Nc3ccc(F)cn3)nc2[nH]1. The van der Waals surface area contributed by atoms with Crippen LogP contribution in [0.5, 0.6) is 0 Å². The van der Waals surface area contributed by atoms with Crippen LogP contribution in [0, 0.1) is 5.82 Å². The summed E-state index contributed by atoms with van der Waals surface area (Å²) in [5.74, 6) is 1.16. The Morgan fingerprint density at radius 1 is 1.03 bits per heavy atom. The summed E-state index contributed by atoms with van der Waals surface area (Å²) in [6.45, 7) is 1.96. The Hall–Kier alpha value is -3.53. The Labute approximate surface area is 172 Å². The number of rotatable bonds is 6. The number of pyridine rings is 2. The van der Waals surface area contributed by atoms with E-state index in [1.165, 1.54) is 12.1 Å². The van der Waals surface area contributed by atoms with E-state index in [1.807, 2.05) is 6.92 Å². The van der Waals surface area contributed by atoms with Crippen LogP contribution in [0.15, 0.2) is 53.6 Å². The zero-order chi connectivity index (χ0) is 21.3. The van der Waals surface area contributed by atoms with Gasteiger partial charge in [0.1, 0.15) is 28.8 Å². The predicted molar refractivity (Wildman–Crippen MR) is 114 cm³/mol. The molecular formula is C20H19FN6O2S. The lowest BCUT2D eigenvalue weighted by Gasteiger charge is -2.13. The molecule has 0 aliphatic rings. The van der Waals surface area contributed by atoms with E-state index in [9.17, 15) is 12.8 Å². The molecule has 0 amide bonds. The van der Waals surface area contributed by atoms with E-state index in [4.69, 9.17) is 0 Å². The number of aryl methyl sites for hydroxylation is 1. The molecule has 4 rings (SSSR count). The van der Waals surface area contributed by atoms with Gasteiger partial charge in [-0.15, -0.1) is 0 Å². The third-order valence-electron chi connectivity index (χ3n) is 4.38. The average Bonchev–Trinajstić information content (AvgIpc) is 3.13. The molecule has 0 saturated carbocycles. The monoisotopic (exact) mass is 426 g/mol. The van der Waals surface area contributed by atoms with Gasteiger partial charge < -0.3 is 15.6 Å². The van der Waals surface area contributed by atoms with Crippen LogP contribution in [-0.4, -0.2) is 34.6 Å². The van der Waals surface area contributed by atoms with Crippen LogP contribution in [0.4, 0.5) is 27.4 Å². The van der Waals surface area contributed by atoms with Crippen LogP contribution in [0.3, 0.4) is 0 Å². The molecule has 0 spiro atoms. The molecule has 3 N–H and O–H groups in total. The maximum absolute atomic E-state index is 13.1. The molecule has 4 aromatic rings. The van der Waals surface area contributed by atoms with Crippen molar-refractivity contribution >= 4 is 44.0 Å². The lowest BCUT2D eigenvalue weighted by atomic mass is 10.2. The number of para-hydroxylation sites is 1. The van der Waals surface area contributed by atoms with Gasteiger partial charge in [-0.2, -0.15) is 0 Å². The van der Waals surface area contributed by atoms with Crippen molar-refractivity contribution in [2.24, 2.45) is 0 Å². The van der Waals surface area contributed by atoms with E-state index in [1.54, 1.807) is 30.3 Å². The molecule has 0 radical (unpaired) electrons. The predicted octanol–water partition coefficient (Wildman–Crippen LogP) is 3.95. The minimum absolute atomic E-state index is 0.177. The summed E-state index contributed by atoms with van der Waals surface area (Å²) in [5, 5.41) is 6.20. The van der Waals surface area contributed by atoms with Crippen molar-refractivity contribution in [3.8, 4) is 0 Å². The van der Waals surface area contributed by atoms with Crippen molar-refractivity contribution in [3.63, 3.8) is 0 Å². The molecule has 1 aromatic carbocycles. The molecule has 30 heavy (non-hydrogen) atoms. The van der Waals surface area contributed by atoms with Gasteiger partial charge in [0.2, 0.25) is 0 Å². The van der Waals surface area contributed by atoms with Crippen LogP contribution in [0.25, 0.3) is 11.2 Å². The van der Waals surface area contributed by atoms with Crippen LogP contribution in [0.1, 0.15) is 12.7 Å². The third-order valence-corrected chi connectivity index (χ3v) is 5.53. The quantitative estimate of drug-likeness (QED) is 0.428.